The van der Waals surface area contributed by atoms with E-state index in [1.54, 1.807) is 17.9 Å². The quantitative estimate of drug-likeness (QED) is 0.560. The first-order chi connectivity index (χ1) is 15.5. The SMILES string of the molecule is COC(=O)C1CCN(C(=O)COC(=O)c2cc(-c3ccccc3)nc3onc(C)c23)CC1. The Morgan fingerprint density at radius 2 is 1.88 bits per heavy atom. The summed E-state index contributed by atoms with van der Waals surface area (Å²) >= 11 is 0. The Hall–Kier alpha value is -3.75. The number of benzene rings is 1. The molecule has 0 bridgehead atoms. The molecule has 32 heavy (non-hydrogen) atoms. The molecule has 2 aromatic heterocycles. The largest absolute Gasteiger partial charge is 0.469 e. The van der Waals surface area contributed by atoms with E-state index in [4.69, 9.17) is 14.0 Å². The Balaban J connectivity index is 1.47. The molecule has 9 heteroatoms. The van der Waals surface area contributed by atoms with Gasteiger partial charge in [-0.05, 0) is 25.8 Å². The lowest BCUT2D eigenvalue weighted by Crippen LogP contribution is -2.42. The van der Waals surface area contributed by atoms with Crippen molar-refractivity contribution >= 4 is 28.9 Å². The van der Waals surface area contributed by atoms with E-state index in [0.717, 1.165) is 5.56 Å². The van der Waals surface area contributed by atoms with Crippen molar-refractivity contribution in [3.05, 3.63) is 47.7 Å². The fourth-order valence-electron chi connectivity index (χ4n) is 3.84. The third-order valence-electron chi connectivity index (χ3n) is 5.62. The number of carbonyl (C=O) groups excluding carboxylic acids is 3. The lowest BCUT2D eigenvalue weighted by Gasteiger charge is -2.30. The second-order valence-corrected chi connectivity index (χ2v) is 7.62. The molecule has 0 aliphatic carbocycles. The molecule has 9 nitrogen and oxygen atoms in total. The standard InChI is InChI=1S/C23H23N3O6/c1-14-20-17(12-18(24-21(20)32-25-14)15-6-4-3-5-7-15)23(29)31-13-19(27)26-10-8-16(9-11-26)22(28)30-2/h3-7,12,16H,8-11,13H2,1-2H3. The van der Waals surface area contributed by atoms with E-state index in [1.807, 2.05) is 30.3 Å². The summed E-state index contributed by atoms with van der Waals surface area (Å²) in [5, 5.41) is 4.37. The first-order valence-corrected chi connectivity index (χ1v) is 10.3. The Morgan fingerprint density at radius 3 is 2.56 bits per heavy atom. The Labute approximate surface area is 184 Å². The van der Waals surface area contributed by atoms with Crippen LogP contribution in [0.25, 0.3) is 22.4 Å². The molecule has 4 rings (SSSR count). The number of nitrogens with zero attached hydrogens (tertiary/aromatic N) is 3. The van der Waals surface area contributed by atoms with Crippen LogP contribution in [0.5, 0.6) is 0 Å². The number of hydrogen-bond donors (Lipinski definition) is 0. The number of rotatable bonds is 5. The molecule has 166 valence electrons. The first kappa shape index (κ1) is 21.5. The van der Waals surface area contributed by atoms with Gasteiger partial charge in [0.1, 0.15) is 0 Å². The van der Waals surface area contributed by atoms with Gasteiger partial charge in [-0.1, -0.05) is 35.5 Å². The van der Waals surface area contributed by atoms with E-state index < -0.39 is 12.6 Å². The number of piperidine rings is 1. The van der Waals surface area contributed by atoms with Gasteiger partial charge in [-0.2, -0.15) is 0 Å². The van der Waals surface area contributed by atoms with Gasteiger partial charge in [-0.25, -0.2) is 9.78 Å². The third kappa shape index (κ3) is 4.32. The van der Waals surface area contributed by atoms with Gasteiger partial charge in [-0.15, -0.1) is 0 Å². The molecule has 3 heterocycles. The molecule has 0 saturated carbocycles. The minimum atomic E-state index is -0.654. The van der Waals surface area contributed by atoms with Crippen LogP contribution in [-0.2, 0) is 19.1 Å². The molecular formula is C23H23N3O6. The smallest absolute Gasteiger partial charge is 0.339 e. The van der Waals surface area contributed by atoms with Crippen LogP contribution in [0, 0.1) is 12.8 Å². The number of ether oxygens (including phenoxy) is 2. The molecule has 1 fully saturated rings. The lowest BCUT2D eigenvalue weighted by molar-refractivity contribution is -0.149. The van der Waals surface area contributed by atoms with Gasteiger partial charge in [0.25, 0.3) is 11.6 Å². The average molecular weight is 437 g/mol. The number of methoxy groups -OCH3 is 1. The van der Waals surface area contributed by atoms with Crippen LogP contribution in [0.4, 0.5) is 0 Å². The molecule has 3 aromatic rings. The van der Waals surface area contributed by atoms with Gasteiger partial charge in [0.15, 0.2) is 6.61 Å². The summed E-state index contributed by atoms with van der Waals surface area (Å²) in [7, 11) is 1.36. The number of aryl methyl sites for hydroxylation is 1. The minimum Gasteiger partial charge on any atom is -0.469 e. The first-order valence-electron chi connectivity index (χ1n) is 10.3. The van der Waals surface area contributed by atoms with Crippen LogP contribution in [0.1, 0.15) is 28.9 Å². The van der Waals surface area contributed by atoms with Crippen molar-refractivity contribution in [3.63, 3.8) is 0 Å². The van der Waals surface area contributed by atoms with Gasteiger partial charge in [0, 0.05) is 18.7 Å². The van der Waals surface area contributed by atoms with Gasteiger partial charge in [-0.3, -0.25) is 9.59 Å². The Kier molecular flexibility index (Phi) is 6.16. The van der Waals surface area contributed by atoms with Crippen molar-refractivity contribution in [2.24, 2.45) is 5.92 Å². The maximum atomic E-state index is 12.9. The summed E-state index contributed by atoms with van der Waals surface area (Å²) in [6.45, 7) is 2.15. The summed E-state index contributed by atoms with van der Waals surface area (Å²) in [5.41, 5.74) is 2.33. The van der Waals surface area contributed by atoms with Crippen LogP contribution in [-0.4, -0.2) is 59.7 Å². The molecule has 0 spiro atoms. The zero-order chi connectivity index (χ0) is 22.7. The molecule has 0 atom stereocenters. The molecule has 1 aliphatic heterocycles. The predicted octanol–water partition coefficient (Wildman–Crippen LogP) is 2.77. The highest BCUT2D eigenvalue weighted by Gasteiger charge is 2.28. The van der Waals surface area contributed by atoms with Gasteiger partial charge in [0.05, 0.1) is 35.4 Å². The summed E-state index contributed by atoms with van der Waals surface area (Å²) in [6, 6.07) is 11.0. The molecule has 0 radical (unpaired) electrons. The number of esters is 2. The van der Waals surface area contributed by atoms with E-state index in [2.05, 4.69) is 10.1 Å². The van der Waals surface area contributed by atoms with Crippen LogP contribution in [0.2, 0.25) is 0 Å². The second-order valence-electron chi connectivity index (χ2n) is 7.62. The van der Waals surface area contributed by atoms with E-state index in [-0.39, 0.29) is 29.1 Å². The van der Waals surface area contributed by atoms with Crippen molar-refractivity contribution in [3.8, 4) is 11.3 Å². The summed E-state index contributed by atoms with van der Waals surface area (Å²) in [6.07, 6.45) is 1.05. The highest BCUT2D eigenvalue weighted by Crippen LogP contribution is 2.27. The third-order valence-corrected chi connectivity index (χ3v) is 5.62. The summed E-state index contributed by atoms with van der Waals surface area (Å²) < 4.78 is 15.4. The molecular weight excluding hydrogens is 414 g/mol. The lowest BCUT2D eigenvalue weighted by atomic mass is 9.97. The van der Waals surface area contributed by atoms with Gasteiger partial charge >= 0.3 is 11.9 Å². The molecule has 0 N–H and O–H groups in total. The maximum Gasteiger partial charge on any atom is 0.339 e. The fourth-order valence-corrected chi connectivity index (χ4v) is 3.84. The minimum absolute atomic E-state index is 0.204. The number of pyridine rings is 1. The zero-order valence-electron chi connectivity index (χ0n) is 17.9. The van der Waals surface area contributed by atoms with E-state index in [1.165, 1.54) is 7.11 Å². The van der Waals surface area contributed by atoms with Crippen molar-refractivity contribution < 1.29 is 28.4 Å². The molecule has 1 saturated heterocycles. The van der Waals surface area contributed by atoms with Crippen molar-refractivity contribution in [1.82, 2.24) is 15.0 Å². The normalized spacial score (nSPS) is 14.4. The Morgan fingerprint density at radius 1 is 1.16 bits per heavy atom. The number of carbonyl (C=O) groups is 3. The van der Waals surface area contributed by atoms with Gasteiger partial charge in [0.2, 0.25) is 0 Å². The summed E-state index contributed by atoms with van der Waals surface area (Å²) in [4.78, 5) is 43.1. The van der Waals surface area contributed by atoms with Crippen LogP contribution >= 0.6 is 0 Å². The van der Waals surface area contributed by atoms with Gasteiger partial charge < -0.3 is 18.9 Å². The van der Waals surface area contributed by atoms with E-state index >= 15 is 0 Å². The number of amides is 1. The maximum absolute atomic E-state index is 12.9. The summed E-state index contributed by atoms with van der Waals surface area (Å²) in [5.74, 6) is -1.43. The molecule has 1 aromatic carbocycles. The monoisotopic (exact) mass is 437 g/mol. The zero-order valence-corrected chi connectivity index (χ0v) is 17.9. The van der Waals surface area contributed by atoms with Crippen LogP contribution < -0.4 is 0 Å². The number of likely N-dealkylation sites (tertiary alicyclic amines) is 1. The van der Waals surface area contributed by atoms with Crippen molar-refractivity contribution in [2.45, 2.75) is 19.8 Å². The number of fused-ring (bicyclic) bond motifs is 1. The highest BCUT2D eigenvalue weighted by atomic mass is 16.5. The topological polar surface area (TPSA) is 112 Å². The predicted molar refractivity (Wildman–Crippen MR) is 114 cm³/mol. The molecule has 0 unspecified atom stereocenters. The fraction of sp³-hybridized carbons (Fsp3) is 0.348. The second kappa shape index (κ2) is 9.17. The van der Waals surface area contributed by atoms with Crippen LogP contribution in [0.3, 0.4) is 0 Å². The molecule has 1 aliphatic rings. The average Bonchev–Trinajstić information content (AvgIpc) is 3.22. The number of hydrogen-bond acceptors (Lipinski definition) is 8. The molecule has 1 amide bonds. The van der Waals surface area contributed by atoms with Crippen molar-refractivity contribution in [2.75, 3.05) is 26.8 Å². The van der Waals surface area contributed by atoms with Crippen LogP contribution in [0.15, 0.2) is 40.9 Å². The van der Waals surface area contributed by atoms with E-state index in [0.29, 0.717) is 42.7 Å². The number of aromatic nitrogens is 2. The van der Waals surface area contributed by atoms with E-state index in [9.17, 15) is 14.4 Å². The Bertz CT molecular complexity index is 1150. The highest BCUT2D eigenvalue weighted by molar-refractivity contribution is 6.04. The van der Waals surface area contributed by atoms with Crippen molar-refractivity contribution in [1.29, 1.82) is 0 Å².